The third kappa shape index (κ3) is 31.7. The molecule has 122 heavy (non-hydrogen) atoms. The number of hydrogen-bond donors (Lipinski definition) is 24. The number of unbranched alkanes of at least 4 members (excludes halogenated alkanes) is 23. The molecule has 708 valence electrons. The number of carboxylic acids is 3. The van der Waals surface area contributed by atoms with Crippen LogP contribution in [0.15, 0.2) is 12.2 Å². The Morgan fingerprint density at radius 1 is 0.434 bits per heavy atom. The summed E-state index contributed by atoms with van der Waals surface area (Å²) in [6.45, 7) is -0.0343. The average Bonchev–Trinajstić information content (AvgIpc) is 0.750. The van der Waals surface area contributed by atoms with Crippen molar-refractivity contribution in [3.63, 3.8) is 0 Å². The SMILES string of the molecule is CCCCCC/C=C\CCCCCCCCCC(=O)N[C@@H](CO[C@@H]1O[C@H](CO)[C@@H](O[C@@H]2O[C@H](CO)[C@H](O)[C@H](O[C@]3(C(=O)O)C[C@H](O)[C@@H](NC(C)=O)C([C@H](O)[C@@H](CO)O[C@]4(C(=O)O)C[C@H](O)[C@@H](NC(C)=O)C([C@H](O)[C@@H](CO)O[C@]5(C(=O)O)C[C@H](O)[C@@H](NC(C)=O)C([C@H](O)[C@H](O)CO)O5)O4)O3)[C@H]2O)[C@H](O)[C@H]1O)[C@H](O)CCCCCCCCCCCCCCC. The maximum atomic E-state index is 13.8. The van der Waals surface area contributed by atoms with Crippen LogP contribution in [0.2, 0.25) is 0 Å². The molecule has 5 aliphatic heterocycles. The van der Waals surface area contributed by atoms with E-state index in [1.54, 1.807) is 0 Å². The number of rotatable bonds is 59. The molecule has 0 spiro atoms. The van der Waals surface area contributed by atoms with Gasteiger partial charge in [-0.1, -0.05) is 161 Å². The minimum atomic E-state index is -3.57. The molecule has 0 aromatic carbocycles. The summed E-state index contributed by atoms with van der Waals surface area (Å²) < 4.78 is 58.3. The summed E-state index contributed by atoms with van der Waals surface area (Å²) in [6.07, 6.45) is -22.9. The number of aliphatic hydroxyl groups excluding tert-OH is 17. The molecule has 0 bridgehead atoms. The number of carbonyl (C=O) groups is 7. The molecule has 5 saturated heterocycles. The number of carboxylic acid groups (broad SMARTS) is 3. The van der Waals surface area contributed by atoms with Gasteiger partial charge in [-0.25, -0.2) is 14.4 Å². The van der Waals surface area contributed by atoms with Crippen molar-refractivity contribution in [3.8, 4) is 0 Å². The molecule has 30 atom stereocenters. The zero-order chi connectivity index (χ0) is 90.6. The van der Waals surface area contributed by atoms with Crippen molar-refractivity contribution in [2.24, 2.45) is 0 Å². The highest BCUT2D eigenvalue weighted by atomic mass is 16.8. The molecule has 0 aliphatic carbocycles. The quantitative estimate of drug-likeness (QED) is 0.0221. The molecule has 5 fully saturated rings. The number of amides is 4. The predicted molar refractivity (Wildman–Crippen MR) is 424 cm³/mol. The maximum Gasteiger partial charge on any atom is 0.364 e. The predicted octanol–water partition coefficient (Wildman–Crippen LogP) is -2.49. The maximum absolute atomic E-state index is 13.8. The van der Waals surface area contributed by atoms with E-state index >= 15 is 0 Å². The van der Waals surface area contributed by atoms with E-state index in [-0.39, 0.29) is 18.7 Å². The molecule has 24 N–H and O–H groups in total. The van der Waals surface area contributed by atoms with Crippen molar-refractivity contribution in [2.45, 2.75) is 416 Å². The molecule has 4 amide bonds. The molecule has 5 heterocycles. The summed E-state index contributed by atoms with van der Waals surface area (Å²) in [7, 11) is 0. The monoisotopic (exact) mass is 1760 g/mol. The van der Waals surface area contributed by atoms with E-state index in [9.17, 15) is 136 Å². The summed E-state index contributed by atoms with van der Waals surface area (Å²) in [4.78, 5) is 92.1. The summed E-state index contributed by atoms with van der Waals surface area (Å²) in [5.74, 6) is -20.5. The number of carbonyl (C=O) groups excluding carboxylic acids is 4. The van der Waals surface area contributed by atoms with E-state index in [1.165, 1.54) is 70.6 Å². The third-order valence-corrected chi connectivity index (χ3v) is 23.0. The second-order valence-corrected chi connectivity index (χ2v) is 32.9. The van der Waals surface area contributed by atoms with E-state index in [0.29, 0.717) is 12.8 Å². The van der Waals surface area contributed by atoms with Gasteiger partial charge in [0.25, 0.3) is 17.4 Å². The van der Waals surface area contributed by atoms with Crippen molar-refractivity contribution >= 4 is 41.5 Å². The standard InChI is InChI=1S/C81H142N4O37/c1-6-8-10-12-14-16-18-20-21-23-25-27-29-31-33-35-58(99)85-48(49(94)34-32-30-28-26-24-22-19-17-15-13-11-9-7-2)44-113-74-67(105)66(104)69(57(43-90)115-74)116-75-68(106)73(63(101)54(40-87)114-75)122-81(78(111)112)38-52(97)61(84-47(5)93)72(121-81)65(103)56(42-89)118-80(77(109)110)37-51(96)60(83-46(4)92)71(120-80)64(102)55(41-88)117-79(76(107)108)36-50(95)59(82-45(3)91)70(119-79)62(100)53(98)39-86/h16,18,48-57,59-75,86-90,94-98,100-106H,6-15,17,19-44H2,1-5H3,(H,82,91)(H,83,92)(H,84,93)(H,85,99)(H,107,108)(H,109,110)(H,111,112)/b18-16-/t48-,49+,50-,51-,52-,53+,54+,55+,56+,57+,59+,60+,61+,62+,63-,64+,65+,66+,67+,68+,69+,70?,71?,72?,73-,74+,75-,79+,80+,81-/m0/s1. The lowest BCUT2D eigenvalue weighted by Crippen LogP contribution is -2.72. The van der Waals surface area contributed by atoms with Crippen molar-refractivity contribution in [1.29, 1.82) is 0 Å². The van der Waals surface area contributed by atoms with Crippen LogP contribution in [0.3, 0.4) is 0 Å². The Kier molecular flexibility index (Phi) is 47.9. The van der Waals surface area contributed by atoms with Crippen molar-refractivity contribution < 1.29 is 183 Å². The first-order chi connectivity index (χ1) is 58.0. The highest BCUT2D eigenvalue weighted by molar-refractivity contribution is 5.79. The van der Waals surface area contributed by atoms with Gasteiger partial charge in [0, 0.05) is 46.5 Å². The van der Waals surface area contributed by atoms with Gasteiger partial charge in [0.2, 0.25) is 23.6 Å². The number of nitrogens with one attached hydrogen (secondary N) is 4. The second kappa shape index (κ2) is 54.3. The van der Waals surface area contributed by atoms with E-state index < -0.39 is 277 Å². The van der Waals surface area contributed by atoms with Crippen LogP contribution in [0.25, 0.3) is 0 Å². The summed E-state index contributed by atoms with van der Waals surface area (Å²) in [6, 6.07) is -6.94. The Labute approximate surface area is 711 Å². The number of aliphatic carboxylic acids is 3. The van der Waals surface area contributed by atoms with Crippen LogP contribution in [0.1, 0.15) is 234 Å². The molecule has 5 rings (SSSR count). The molecular weight excluding hydrogens is 1620 g/mol. The largest absolute Gasteiger partial charge is 0.477 e. The Morgan fingerprint density at radius 3 is 1.23 bits per heavy atom. The summed E-state index contributed by atoms with van der Waals surface area (Å²) >= 11 is 0. The Bertz CT molecular complexity index is 3100. The molecule has 0 aromatic rings. The lowest BCUT2D eigenvalue weighted by atomic mass is 9.86. The third-order valence-electron chi connectivity index (χ3n) is 23.0. The first-order valence-corrected chi connectivity index (χ1v) is 43.3. The van der Waals surface area contributed by atoms with Gasteiger partial charge >= 0.3 is 17.9 Å². The van der Waals surface area contributed by atoms with Gasteiger partial charge in [0.15, 0.2) is 12.6 Å². The lowest BCUT2D eigenvalue weighted by molar-refractivity contribution is -0.388. The van der Waals surface area contributed by atoms with E-state index in [4.69, 9.17) is 47.4 Å². The normalized spacial score (nSPS) is 32.8. The number of hydrogen-bond acceptors (Lipinski definition) is 34. The fourth-order valence-corrected chi connectivity index (χ4v) is 16.1. The van der Waals surface area contributed by atoms with Gasteiger partial charge in [-0.2, -0.15) is 0 Å². The van der Waals surface area contributed by atoms with Crippen LogP contribution in [0.4, 0.5) is 0 Å². The van der Waals surface area contributed by atoms with Gasteiger partial charge < -0.3 is 171 Å². The summed E-state index contributed by atoms with van der Waals surface area (Å²) in [5, 5.41) is 235. The van der Waals surface area contributed by atoms with Crippen molar-refractivity contribution in [2.75, 3.05) is 39.6 Å². The summed E-state index contributed by atoms with van der Waals surface area (Å²) in [5.41, 5.74) is 0. The van der Waals surface area contributed by atoms with Crippen LogP contribution in [0.5, 0.6) is 0 Å². The number of allylic oxidation sites excluding steroid dienone is 2. The molecule has 0 saturated carbocycles. The van der Waals surface area contributed by atoms with Gasteiger partial charge in [0.1, 0.15) is 104 Å². The number of ether oxygens (including phenoxy) is 10. The average molecular weight is 1760 g/mol. The molecule has 5 aliphatic rings. The highest BCUT2D eigenvalue weighted by Crippen LogP contribution is 2.43. The molecule has 41 nitrogen and oxygen atoms in total. The van der Waals surface area contributed by atoms with Crippen LogP contribution >= 0.6 is 0 Å². The Balaban J connectivity index is 1.35. The minimum Gasteiger partial charge on any atom is -0.477 e. The van der Waals surface area contributed by atoms with Gasteiger partial charge in [-0.05, 0) is 38.5 Å². The molecule has 3 unspecified atom stereocenters. The highest BCUT2D eigenvalue weighted by Gasteiger charge is 2.64. The van der Waals surface area contributed by atoms with Crippen LogP contribution in [-0.2, 0) is 80.9 Å². The first-order valence-electron chi connectivity index (χ1n) is 43.3. The van der Waals surface area contributed by atoms with Crippen molar-refractivity contribution in [1.82, 2.24) is 21.3 Å². The minimum absolute atomic E-state index is 0.138. The number of aliphatic hydroxyl groups is 17. The Morgan fingerprint density at radius 2 is 0.820 bits per heavy atom. The second-order valence-electron chi connectivity index (χ2n) is 32.9. The van der Waals surface area contributed by atoms with Gasteiger partial charge in [-0.15, -0.1) is 0 Å². The van der Waals surface area contributed by atoms with E-state index in [0.717, 1.165) is 104 Å². The van der Waals surface area contributed by atoms with E-state index in [1.807, 2.05) is 0 Å². The zero-order valence-corrected chi connectivity index (χ0v) is 70.8. The fraction of sp³-hybridized carbons (Fsp3) is 0.889. The van der Waals surface area contributed by atoms with E-state index in [2.05, 4.69) is 47.3 Å². The van der Waals surface area contributed by atoms with Crippen LogP contribution < -0.4 is 21.3 Å². The lowest BCUT2D eigenvalue weighted by Gasteiger charge is -2.51. The molecule has 41 heteroatoms. The molecular formula is C81H142N4O37. The topological polar surface area (TPSA) is 665 Å². The smallest absolute Gasteiger partial charge is 0.364 e. The molecule has 0 radical (unpaired) electrons. The fourth-order valence-electron chi connectivity index (χ4n) is 16.1. The molecule has 0 aromatic heterocycles. The van der Waals surface area contributed by atoms with Crippen LogP contribution in [-0.4, -0.2) is 366 Å². The van der Waals surface area contributed by atoms with Crippen molar-refractivity contribution in [3.05, 3.63) is 12.2 Å². The van der Waals surface area contributed by atoms with Crippen LogP contribution in [0, 0.1) is 0 Å². The first kappa shape index (κ1) is 107. The zero-order valence-electron chi connectivity index (χ0n) is 70.8. The van der Waals surface area contributed by atoms with Gasteiger partial charge in [-0.3, -0.25) is 19.2 Å². The van der Waals surface area contributed by atoms with Gasteiger partial charge in [0.05, 0.1) is 88.2 Å². The Hall–Kier alpha value is -5.05.